The Hall–Kier alpha value is -1.86. The molecular weight excluding hydrogens is 322 g/mol. The molecule has 0 aromatic heterocycles. The molecule has 0 saturated heterocycles. The zero-order chi connectivity index (χ0) is 15.8. The molecule has 2 aromatic carbocycles. The summed E-state index contributed by atoms with van der Waals surface area (Å²) < 4.78 is 53.6. The van der Waals surface area contributed by atoms with Crippen molar-refractivity contribution >= 4 is 33.0 Å². The minimum Gasteiger partial charge on any atom is -0.399 e. The molecule has 0 fully saturated rings. The fraction of sp³-hybridized carbons (Fsp3) is 0.0769. The molecule has 0 aliphatic heterocycles. The predicted molar refractivity (Wildman–Crippen MR) is 77.8 cm³/mol. The van der Waals surface area contributed by atoms with Crippen LogP contribution in [0.3, 0.4) is 0 Å². The number of nitrogens with two attached hydrogens (primary N) is 1. The van der Waals surface area contributed by atoms with E-state index in [4.69, 9.17) is 17.3 Å². The molecule has 0 aliphatic rings. The topological polar surface area (TPSA) is 72.2 Å². The highest BCUT2D eigenvalue weighted by Gasteiger charge is 2.22. The van der Waals surface area contributed by atoms with E-state index in [0.717, 1.165) is 18.2 Å². The summed E-state index contributed by atoms with van der Waals surface area (Å²) in [6.45, 7) is 1.53. The van der Waals surface area contributed by atoms with Crippen molar-refractivity contribution in [2.45, 2.75) is 11.8 Å². The normalized spacial score (nSPS) is 11.4. The standard InChI is InChI=1S/C13H11ClF2N2O2S/c1-7-2-3-9(6-11(7)15)18-21(19,20)12-5-8(17)4-10(14)13(12)16/h2-6,18H,17H2,1H3. The quantitative estimate of drug-likeness (QED) is 0.847. The van der Waals surface area contributed by atoms with Gasteiger partial charge in [0.2, 0.25) is 0 Å². The van der Waals surface area contributed by atoms with E-state index in [2.05, 4.69) is 4.72 Å². The summed E-state index contributed by atoms with van der Waals surface area (Å²) in [5, 5.41) is -0.412. The molecule has 3 N–H and O–H groups in total. The number of rotatable bonds is 3. The van der Waals surface area contributed by atoms with Gasteiger partial charge in [-0.05, 0) is 36.8 Å². The Balaban J connectivity index is 2.45. The largest absolute Gasteiger partial charge is 0.399 e. The SMILES string of the molecule is Cc1ccc(NS(=O)(=O)c2cc(N)cc(Cl)c2F)cc1F. The number of benzene rings is 2. The van der Waals surface area contributed by atoms with E-state index in [-0.39, 0.29) is 11.4 Å². The van der Waals surface area contributed by atoms with E-state index in [1.807, 2.05) is 0 Å². The van der Waals surface area contributed by atoms with E-state index in [9.17, 15) is 17.2 Å². The van der Waals surface area contributed by atoms with Crippen LogP contribution in [0.1, 0.15) is 5.56 Å². The third-order valence-corrected chi connectivity index (χ3v) is 4.39. The molecule has 112 valence electrons. The summed E-state index contributed by atoms with van der Waals surface area (Å²) >= 11 is 5.57. The van der Waals surface area contributed by atoms with Crippen LogP contribution in [0.25, 0.3) is 0 Å². The average Bonchev–Trinajstić information content (AvgIpc) is 2.37. The Morgan fingerprint density at radius 1 is 1.19 bits per heavy atom. The monoisotopic (exact) mass is 332 g/mol. The van der Waals surface area contributed by atoms with Crippen LogP contribution in [0.15, 0.2) is 35.2 Å². The van der Waals surface area contributed by atoms with Gasteiger partial charge in [0.1, 0.15) is 10.7 Å². The highest BCUT2D eigenvalue weighted by molar-refractivity contribution is 7.92. The van der Waals surface area contributed by atoms with Crippen molar-refractivity contribution in [2.24, 2.45) is 0 Å². The third kappa shape index (κ3) is 3.25. The Morgan fingerprint density at radius 2 is 1.86 bits per heavy atom. The molecule has 2 rings (SSSR count). The van der Waals surface area contributed by atoms with Crippen LogP contribution in [0.5, 0.6) is 0 Å². The summed E-state index contributed by atoms with van der Waals surface area (Å²) in [4.78, 5) is -0.700. The van der Waals surface area contributed by atoms with E-state index >= 15 is 0 Å². The van der Waals surface area contributed by atoms with Crippen LogP contribution in [-0.4, -0.2) is 8.42 Å². The smallest absolute Gasteiger partial charge is 0.264 e. The van der Waals surface area contributed by atoms with Gasteiger partial charge in [0.15, 0.2) is 5.82 Å². The second-order valence-corrected chi connectivity index (χ2v) is 6.44. The molecule has 0 unspecified atom stereocenters. The average molecular weight is 333 g/mol. The van der Waals surface area contributed by atoms with Crippen LogP contribution < -0.4 is 10.5 Å². The van der Waals surface area contributed by atoms with Gasteiger partial charge in [0.05, 0.1) is 10.7 Å². The summed E-state index contributed by atoms with van der Waals surface area (Å²) in [6, 6.07) is 5.80. The molecule has 0 radical (unpaired) electrons. The molecule has 0 aliphatic carbocycles. The molecule has 21 heavy (non-hydrogen) atoms. The summed E-state index contributed by atoms with van der Waals surface area (Å²) in [5.41, 5.74) is 5.78. The van der Waals surface area contributed by atoms with Crippen LogP contribution >= 0.6 is 11.6 Å². The van der Waals surface area contributed by atoms with Gasteiger partial charge in [0, 0.05) is 5.69 Å². The summed E-state index contributed by atoms with van der Waals surface area (Å²) in [5.74, 6) is -1.70. The minimum atomic E-state index is -4.27. The Labute approximate surface area is 125 Å². The van der Waals surface area contributed by atoms with Crippen molar-refractivity contribution < 1.29 is 17.2 Å². The number of nitrogens with one attached hydrogen (secondary N) is 1. The maximum atomic E-state index is 13.8. The number of anilines is 2. The number of halogens is 3. The Bertz CT molecular complexity index is 810. The molecule has 8 heteroatoms. The zero-order valence-electron chi connectivity index (χ0n) is 10.8. The summed E-state index contributed by atoms with van der Waals surface area (Å²) in [7, 11) is -4.27. The maximum absolute atomic E-state index is 13.8. The lowest BCUT2D eigenvalue weighted by Gasteiger charge is -2.11. The first-order chi connectivity index (χ1) is 9.70. The van der Waals surface area contributed by atoms with Crippen molar-refractivity contribution in [1.29, 1.82) is 0 Å². The summed E-state index contributed by atoms with van der Waals surface area (Å²) in [6.07, 6.45) is 0. The van der Waals surface area contributed by atoms with Gasteiger partial charge in [0.25, 0.3) is 10.0 Å². The Kier molecular flexibility index (Phi) is 4.06. The second kappa shape index (κ2) is 5.50. The van der Waals surface area contributed by atoms with E-state index < -0.39 is 31.6 Å². The van der Waals surface area contributed by atoms with Crippen molar-refractivity contribution in [3.05, 3.63) is 52.6 Å². The number of hydrogen-bond acceptors (Lipinski definition) is 3. The molecule has 0 atom stereocenters. The molecular formula is C13H11ClF2N2O2S. The highest BCUT2D eigenvalue weighted by Crippen LogP contribution is 2.27. The van der Waals surface area contributed by atoms with Gasteiger partial charge in [-0.15, -0.1) is 0 Å². The minimum absolute atomic E-state index is 0.00291. The van der Waals surface area contributed by atoms with Crippen LogP contribution in [0.4, 0.5) is 20.2 Å². The van der Waals surface area contributed by atoms with Gasteiger partial charge in [-0.3, -0.25) is 4.72 Å². The third-order valence-electron chi connectivity index (χ3n) is 2.73. The maximum Gasteiger partial charge on any atom is 0.264 e. The van der Waals surface area contributed by atoms with Gasteiger partial charge < -0.3 is 5.73 Å². The first kappa shape index (κ1) is 15.5. The van der Waals surface area contributed by atoms with E-state index in [0.29, 0.717) is 5.56 Å². The van der Waals surface area contributed by atoms with Gasteiger partial charge in [-0.1, -0.05) is 17.7 Å². The molecule has 0 bridgehead atoms. The molecule has 0 saturated carbocycles. The molecule has 4 nitrogen and oxygen atoms in total. The highest BCUT2D eigenvalue weighted by atomic mass is 35.5. The molecule has 0 heterocycles. The lowest BCUT2D eigenvalue weighted by atomic mass is 10.2. The molecule has 0 amide bonds. The first-order valence-corrected chi connectivity index (χ1v) is 7.60. The molecule has 0 spiro atoms. The Morgan fingerprint density at radius 3 is 2.48 bits per heavy atom. The van der Waals surface area contributed by atoms with Gasteiger partial charge >= 0.3 is 0 Å². The lowest BCUT2D eigenvalue weighted by molar-refractivity contribution is 0.571. The van der Waals surface area contributed by atoms with Crippen LogP contribution in [0, 0.1) is 18.6 Å². The predicted octanol–water partition coefficient (Wildman–Crippen LogP) is 3.31. The molecule has 2 aromatic rings. The fourth-order valence-corrected chi connectivity index (χ4v) is 3.11. The van der Waals surface area contributed by atoms with Crippen molar-refractivity contribution in [3.8, 4) is 0 Å². The van der Waals surface area contributed by atoms with Gasteiger partial charge in [-0.25, -0.2) is 17.2 Å². The fourth-order valence-electron chi connectivity index (χ4n) is 1.65. The van der Waals surface area contributed by atoms with E-state index in [1.165, 1.54) is 19.1 Å². The number of hydrogen-bond donors (Lipinski definition) is 2. The number of aryl methyl sites for hydroxylation is 1. The van der Waals surface area contributed by atoms with Crippen molar-refractivity contribution in [3.63, 3.8) is 0 Å². The van der Waals surface area contributed by atoms with E-state index in [1.54, 1.807) is 0 Å². The van der Waals surface area contributed by atoms with Crippen molar-refractivity contribution in [1.82, 2.24) is 0 Å². The van der Waals surface area contributed by atoms with Gasteiger partial charge in [-0.2, -0.15) is 0 Å². The number of nitrogen functional groups attached to an aromatic ring is 1. The number of sulfonamides is 1. The second-order valence-electron chi connectivity index (χ2n) is 4.38. The lowest BCUT2D eigenvalue weighted by Crippen LogP contribution is -2.15. The van der Waals surface area contributed by atoms with Crippen LogP contribution in [0.2, 0.25) is 5.02 Å². The first-order valence-electron chi connectivity index (χ1n) is 5.74. The zero-order valence-corrected chi connectivity index (χ0v) is 12.4. The van der Waals surface area contributed by atoms with Crippen LogP contribution in [-0.2, 0) is 10.0 Å². The van der Waals surface area contributed by atoms with Crippen molar-refractivity contribution in [2.75, 3.05) is 10.5 Å².